The molecule has 0 N–H and O–H groups in total. The van der Waals surface area contributed by atoms with Gasteiger partial charge in [0.1, 0.15) is 5.78 Å². The highest BCUT2D eigenvalue weighted by Crippen LogP contribution is 2.50. The van der Waals surface area contributed by atoms with Gasteiger partial charge in [0.25, 0.3) is 0 Å². The van der Waals surface area contributed by atoms with E-state index in [1.165, 1.54) is 17.6 Å². The molecule has 2 aliphatic carbocycles. The minimum atomic E-state index is 0.314. The Balaban J connectivity index is 2.44. The highest BCUT2D eigenvalue weighted by Gasteiger charge is 2.48. The molecule has 3 atom stereocenters. The topological polar surface area (TPSA) is 17.1 Å². The van der Waals surface area contributed by atoms with Gasteiger partial charge < -0.3 is 0 Å². The smallest absolute Gasteiger partial charge is 0.143 e. The summed E-state index contributed by atoms with van der Waals surface area (Å²) < 4.78 is 0. The third kappa shape index (κ3) is 0.825. The van der Waals surface area contributed by atoms with Gasteiger partial charge in [0, 0.05) is 11.8 Å². The van der Waals surface area contributed by atoms with E-state index in [0.29, 0.717) is 23.5 Å². The number of carbonyl (C=O) groups is 1. The van der Waals surface area contributed by atoms with Gasteiger partial charge in [0.05, 0.1) is 0 Å². The molecule has 2 rings (SSSR count). The predicted octanol–water partition coefficient (Wildman–Crippen LogP) is 2.57. The number of rotatable bonds is 0. The molecule has 0 aromatic rings. The van der Waals surface area contributed by atoms with E-state index in [1.54, 1.807) is 0 Å². The highest BCUT2D eigenvalue weighted by molar-refractivity contribution is 5.91. The van der Waals surface area contributed by atoms with E-state index < -0.39 is 0 Å². The fourth-order valence-corrected chi connectivity index (χ4v) is 2.97. The van der Waals surface area contributed by atoms with Crippen LogP contribution in [-0.4, -0.2) is 5.78 Å². The summed E-state index contributed by atoms with van der Waals surface area (Å²) in [6, 6.07) is 0. The van der Waals surface area contributed by atoms with Gasteiger partial charge in [-0.15, -0.1) is 0 Å². The molecule has 0 heterocycles. The lowest BCUT2D eigenvalue weighted by molar-refractivity contribution is -0.124. The summed E-state index contributed by atoms with van der Waals surface area (Å²) in [5, 5.41) is 0. The van der Waals surface area contributed by atoms with Crippen molar-refractivity contribution in [3.8, 4) is 0 Å². The third-order valence-electron chi connectivity index (χ3n) is 3.51. The SMILES string of the molecule is CC(C)=C1C2CCC1C(C)C2=O. The van der Waals surface area contributed by atoms with Gasteiger partial charge in [-0.2, -0.15) is 0 Å². The van der Waals surface area contributed by atoms with E-state index >= 15 is 0 Å². The molecular weight excluding hydrogens is 148 g/mol. The fraction of sp³-hybridized carbons (Fsp3) is 0.727. The first-order valence-corrected chi connectivity index (χ1v) is 4.84. The normalized spacial score (nSPS) is 39.4. The lowest BCUT2D eigenvalue weighted by Crippen LogP contribution is -2.18. The van der Waals surface area contributed by atoms with Crippen LogP contribution in [0.1, 0.15) is 33.6 Å². The largest absolute Gasteiger partial charge is 0.299 e. The van der Waals surface area contributed by atoms with Gasteiger partial charge in [-0.3, -0.25) is 4.79 Å². The van der Waals surface area contributed by atoms with E-state index in [2.05, 4.69) is 20.8 Å². The van der Waals surface area contributed by atoms with Gasteiger partial charge >= 0.3 is 0 Å². The van der Waals surface area contributed by atoms with E-state index in [0.717, 1.165) is 6.42 Å². The summed E-state index contributed by atoms with van der Waals surface area (Å²) in [5.41, 5.74) is 2.87. The average molecular weight is 164 g/mol. The maximum absolute atomic E-state index is 11.6. The maximum Gasteiger partial charge on any atom is 0.143 e. The first-order chi connectivity index (χ1) is 5.63. The monoisotopic (exact) mass is 164 g/mol. The Hall–Kier alpha value is -0.590. The molecule has 0 spiro atoms. The summed E-state index contributed by atoms with van der Waals surface area (Å²) in [7, 11) is 0. The van der Waals surface area contributed by atoms with Crippen LogP contribution in [0.2, 0.25) is 0 Å². The summed E-state index contributed by atoms with van der Waals surface area (Å²) in [5.74, 6) is 1.73. The van der Waals surface area contributed by atoms with Gasteiger partial charge in [-0.25, -0.2) is 0 Å². The van der Waals surface area contributed by atoms with Crippen LogP contribution in [0, 0.1) is 17.8 Å². The zero-order valence-electron chi connectivity index (χ0n) is 8.05. The Morgan fingerprint density at radius 1 is 1.33 bits per heavy atom. The van der Waals surface area contributed by atoms with Crippen LogP contribution < -0.4 is 0 Å². The first kappa shape index (κ1) is 8.03. The van der Waals surface area contributed by atoms with Gasteiger partial charge in [-0.1, -0.05) is 18.1 Å². The molecule has 1 heteroatoms. The van der Waals surface area contributed by atoms with Crippen molar-refractivity contribution in [2.24, 2.45) is 17.8 Å². The molecule has 12 heavy (non-hydrogen) atoms. The fourth-order valence-electron chi connectivity index (χ4n) is 2.97. The van der Waals surface area contributed by atoms with Crippen LogP contribution in [0.3, 0.4) is 0 Å². The Labute approximate surface area is 73.8 Å². The van der Waals surface area contributed by atoms with Crippen LogP contribution in [0.4, 0.5) is 0 Å². The molecule has 2 aliphatic rings. The molecule has 0 aromatic heterocycles. The molecule has 0 saturated heterocycles. The quantitative estimate of drug-likeness (QED) is 0.503. The predicted molar refractivity (Wildman–Crippen MR) is 48.8 cm³/mol. The van der Waals surface area contributed by atoms with Gasteiger partial charge in [-0.05, 0) is 32.6 Å². The molecule has 0 amide bonds. The average Bonchev–Trinajstić information content (AvgIpc) is 2.51. The minimum Gasteiger partial charge on any atom is -0.299 e. The second-order valence-electron chi connectivity index (χ2n) is 4.38. The van der Waals surface area contributed by atoms with Crippen LogP contribution in [0.5, 0.6) is 0 Å². The van der Waals surface area contributed by atoms with Crippen molar-refractivity contribution in [2.75, 3.05) is 0 Å². The molecule has 2 saturated carbocycles. The second-order valence-corrected chi connectivity index (χ2v) is 4.38. The molecular formula is C11H16O. The van der Waals surface area contributed by atoms with Crippen LogP contribution >= 0.6 is 0 Å². The second kappa shape index (κ2) is 2.45. The molecule has 66 valence electrons. The zero-order chi connectivity index (χ0) is 8.88. The number of hydrogen-bond acceptors (Lipinski definition) is 1. The standard InChI is InChI=1S/C11H16O/c1-6(2)10-8-4-5-9(10)11(12)7(8)3/h7-9H,4-5H2,1-3H3. The summed E-state index contributed by atoms with van der Waals surface area (Å²) in [6.07, 6.45) is 2.37. The van der Waals surface area contributed by atoms with Crippen molar-refractivity contribution in [1.29, 1.82) is 0 Å². The summed E-state index contributed by atoms with van der Waals surface area (Å²) >= 11 is 0. The Bertz CT molecular complexity index is 258. The van der Waals surface area contributed by atoms with E-state index in [-0.39, 0.29) is 0 Å². The van der Waals surface area contributed by atoms with Crippen molar-refractivity contribution in [3.05, 3.63) is 11.1 Å². The molecule has 2 fully saturated rings. The Morgan fingerprint density at radius 3 is 2.33 bits per heavy atom. The molecule has 2 bridgehead atoms. The lowest BCUT2D eigenvalue weighted by Gasteiger charge is -2.14. The molecule has 1 nitrogen and oxygen atoms in total. The van der Waals surface area contributed by atoms with Gasteiger partial charge in [0.15, 0.2) is 0 Å². The number of allylic oxidation sites excluding steroid dienone is 2. The molecule has 3 unspecified atom stereocenters. The third-order valence-corrected chi connectivity index (χ3v) is 3.51. The van der Waals surface area contributed by atoms with E-state index in [1.807, 2.05) is 0 Å². The summed E-state index contributed by atoms with van der Waals surface area (Å²) in [6.45, 7) is 6.38. The van der Waals surface area contributed by atoms with E-state index in [4.69, 9.17) is 0 Å². The maximum atomic E-state index is 11.6. The number of Topliss-reactive ketones (excluding diaryl/α,β-unsaturated/α-hetero) is 1. The minimum absolute atomic E-state index is 0.314. The van der Waals surface area contributed by atoms with Crippen molar-refractivity contribution in [3.63, 3.8) is 0 Å². The molecule has 0 aromatic carbocycles. The number of carbonyl (C=O) groups excluding carboxylic acids is 1. The van der Waals surface area contributed by atoms with Crippen LogP contribution in [0.15, 0.2) is 11.1 Å². The highest BCUT2D eigenvalue weighted by atomic mass is 16.1. The van der Waals surface area contributed by atoms with Gasteiger partial charge in [0.2, 0.25) is 0 Å². The Kier molecular flexibility index (Phi) is 1.64. The molecule has 0 aliphatic heterocycles. The number of ketones is 1. The van der Waals surface area contributed by atoms with E-state index in [9.17, 15) is 4.79 Å². The number of fused-ring (bicyclic) bond motifs is 2. The first-order valence-electron chi connectivity index (χ1n) is 4.84. The van der Waals surface area contributed by atoms with Crippen molar-refractivity contribution in [1.82, 2.24) is 0 Å². The molecule has 0 radical (unpaired) electrons. The van der Waals surface area contributed by atoms with Crippen LogP contribution in [0.25, 0.3) is 0 Å². The van der Waals surface area contributed by atoms with Crippen molar-refractivity contribution in [2.45, 2.75) is 33.6 Å². The zero-order valence-corrected chi connectivity index (χ0v) is 8.05. The lowest BCUT2D eigenvalue weighted by atomic mass is 9.89. The van der Waals surface area contributed by atoms with Crippen LogP contribution in [-0.2, 0) is 4.79 Å². The van der Waals surface area contributed by atoms with Crippen molar-refractivity contribution < 1.29 is 4.79 Å². The summed E-state index contributed by atoms with van der Waals surface area (Å²) in [4.78, 5) is 11.6. The Morgan fingerprint density at radius 2 is 2.00 bits per heavy atom. The van der Waals surface area contributed by atoms with Crippen molar-refractivity contribution >= 4 is 5.78 Å². The number of hydrogen-bond donors (Lipinski definition) is 0.